The third-order valence-corrected chi connectivity index (χ3v) is 9.15. The van der Waals surface area contributed by atoms with E-state index in [2.05, 4.69) is 48.4 Å². The van der Waals surface area contributed by atoms with E-state index in [1.165, 1.54) is 5.56 Å². The van der Waals surface area contributed by atoms with Gasteiger partial charge >= 0.3 is 0 Å². The minimum atomic E-state index is -3.17. The topological polar surface area (TPSA) is 108 Å². The lowest BCUT2D eigenvalue weighted by Gasteiger charge is -2.31. The SMILES string of the molecule is CC[C@H](C)NCc1cccc(-c2cc(C(N)=O)c3[nH]cc(C4CCN(S(=O)(=O)CC)CC4)c3c2)c1. The Bertz CT molecular complexity index is 1310. The van der Waals surface area contributed by atoms with Crippen molar-refractivity contribution in [2.75, 3.05) is 18.8 Å². The predicted octanol–water partition coefficient (Wildman–Crippen LogP) is 4.35. The second kappa shape index (κ2) is 10.5. The normalized spacial score (nSPS) is 16.5. The second-order valence-corrected chi connectivity index (χ2v) is 11.8. The minimum absolute atomic E-state index is 0.127. The molecular weight excluding hydrogens is 460 g/mol. The van der Waals surface area contributed by atoms with Crippen LogP contribution in [-0.4, -0.2) is 48.5 Å². The molecule has 0 spiro atoms. The zero-order chi connectivity index (χ0) is 25.2. The maximum absolute atomic E-state index is 12.4. The smallest absolute Gasteiger partial charge is 0.250 e. The van der Waals surface area contributed by atoms with Crippen molar-refractivity contribution in [3.8, 4) is 11.1 Å². The number of aromatic amines is 1. The number of benzene rings is 2. The number of hydrogen-bond acceptors (Lipinski definition) is 4. The standard InChI is InChI=1S/C27H36N4O3S/c1-4-18(3)29-16-19-7-6-8-21(13-19)22-14-23-25(17-30-26(23)24(15-22)27(28)32)20-9-11-31(12-10-20)35(33,34)5-2/h6-8,13-15,17-18,20,29-30H,4-5,9-12,16H2,1-3H3,(H2,28,32)/t18-/m0/s1. The van der Waals surface area contributed by atoms with Crippen molar-refractivity contribution in [1.29, 1.82) is 0 Å². The van der Waals surface area contributed by atoms with Crippen LogP contribution in [-0.2, 0) is 16.6 Å². The highest BCUT2D eigenvalue weighted by molar-refractivity contribution is 7.89. The van der Waals surface area contributed by atoms with Crippen molar-refractivity contribution in [2.45, 2.75) is 58.5 Å². The molecule has 3 aromatic rings. The summed E-state index contributed by atoms with van der Waals surface area (Å²) < 4.78 is 26.1. The molecule has 0 saturated carbocycles. The molecule has 8 heteroatoms. The van der Waals surface area contributed by atoms with Gasteiger partial charge in [-0.15, -0.1) is 0 Å². The van der Waals surface area contributed by atoms with E-state index in [-0.39, 0.29) is 11.7 Å². The molecule has 7 nitrogen and oxygen atoms in total. The highest BCUT2D eigenvalue weighted by Gasteiger charge is 2.29. The number of nitrogens with zero attached hydrogens (tertiary/aromatic N) is 1. The fourth-order valence-electron chi connectivity index (χ4n) is 4.88. The largest absolute Gasteiger partial charge is 0.366 e. The molecule has 0 aliphatic carbocycles. The average molecular weight is 497 g/mol. The van der Waals surface area contributed by atoms with E-state index in [9.17, 15) is 13.2 Å². The molecule has 1 aliphatic rings. The number of carbonyl (C=O) groups is 1. The summed E-state index contributed by atoms with van der Waals surface area (Å²) >= 11 is 0. The van der Waals surface area contributed by atoms with Crippen molar-refractivity contribution in [3.05, 3.63) is 59.3 Å². The van der Waals surface area contributed by atoms with Crippen molar-refractivity contribution in [1.82, 2.24) is 14.6 Å². The van der Waals surface area contributed by atoms with Crippen LogP contribution in [0, 0.1) is 0 Å². The molecular formula is C27H36N4O3S. The first-order chi connectivity index (χ1) is 16.7. The number of nitrogens with one attached hydrogen (secondary N) is 2. The van der Waals surface area contributed by atoms with Crippen LogP contribution in [0.5, 0.6) is 0 Å². The Morgan fingerprint density at radius 3 is 2.57 bits per heavy atom. The third kappa shape index (κ3) is 5.44. The van der Waals surface area contributed by atoms with Crippen LogP contribution in [0.2, 0.25) is 0 Å². The number of primary amides is 1. The fourth-order valence-corrected chi connectivity index (χ4v) is 6.01. The number of piperidine rings is 1. The Morgan fingerprint density at radius 1 is 1.17 bits per heavy atom. The average Bonchev–Trinajstić information content (AvgIpc) is 3.30. The van der Waals surface area contributed by atoms with Gasteiger partial charge in [0.05, 0.1) is 16.8 Å². The summed E-state index contributed by atoms with van der Waals surface area (Å²) in [6, 6.07) is 12.8. The van der Waals surface area contributed by atoms with Gasteiger partial charge in [-0.1, -0.05) is 25.1 Å². The zero-order valence-electron chi connectivity index (χ0n) is 20.8. The summed E-state index contributed by atoms with van der Waals surface area (Å²) in [6.07, 6.45) is 4.53. The van der Waals surface area contributed by atoms with E-state index >= 15 is 0 Å². The summed E-state index contributed by atoms with van der Waals surface area (Å²) in [5.41, 5.74) is 11.3. The van der Waals surface area contributed by atoms with Crippen LogP contribution < -0.4 is 11.1 Å². The van der Waals surface area contributed by atoms with Crippen LogP contribution >= 0.6 is 0 Å². The number of aromatic nitrogens is 1. The van der Waals surface area contributed by atoms with Gasteiger partial charge in [-0.25, -0.2) is 12.7 Å². The lowest BCUT2D eigenvalue weighted by Crippen LogP contribution is -2.38. The molecule has 1 saturated heterocycles. The van der Waals surface area contributed by atoms with Crippen molar-refractivity contribution >= 4 is 26.8 Å². The van der Waals surface area contributed by atoms with Gasteiger partial charge in [0.15, 0.2) is 0 Å². The van der Waals surface area contributed by atoms with Crippen LogP contribution in [0.1, 0.15) is 67.4 Å². The number of rotatable bonds is 9. The molecule has 1 fully saturated rings. The van der Waals surface area contributed by atoms with Crippen LogP contribution in [0.4, 0.5) is 0 Å². The molecule has 1 amide bonds. The molecule has 1 aliphatic heterocycles. The molecule has 2 aromatic carbocycles. The number of hydrogen-bond donors (Lipinski definition) is 3. The first-order valence-corrected chi connectivity index (χ1v) is 14.1. The number of H-pyrrole nitrogens is 1. The number of sulfonamides is 1. The highest BCUT2D eigenvalue weighted by atomic mass is 32.2. The van der Waals surface area contributed by atoms with Gasteiger partial charge in [-0.3, -0.25) is 4.79 Å². The molecule has 2 heterocycles. The van der Waals surface area contributed by atoms with E-state index < -0.39 is 15.9 Å². The van der Waals surface area contributed by atoms with Crippen molar-refractivity contribution in [3.63, 3.8) is 0 Å². The summed E-state index contributed by atoms with van der Waals surface area (Å²) in [5.74, 6) is -0.125. The number of amides is 1. The second-order valence-electron chi connectivity index (χ2n) is 9.52. The maximum atomic E-state index is 12.4. The van der Waals surface area contributed by atoms with E-state index in [4.69, 9.17) is 5.73 Å². The van der Waals surface area contributed by atoms with Crippen LogP contribution in [0.3, 0.4) is 0 Å². The first kappa shape index (κ1) is 25.4. The molecule has 0 radical (unpaired) electrons. The molecule has 1 aromatic heterocycles. The van der Waals surface area contributed by atoms with Gasteiger partial charge in [0, 0.05) is 37.3 Å². The van der Waals surface area contributed by atoms with E-state index in [1.54, 1.807) is 11.2 Å². The molecule has 0 unspecified atom stereocenters. The summed E-state index contributed by atoms with van der Waals surface area (Å²) in [4.78, 5) is 15.6. The van der Waals surface area contributed by atoms with Crippen molar-refractivity contribution < 1.29 is 13.2 Å². The Hall–Kier alpha value is -2.68. The number of carbonyl (C=O) groups excluding carboxylic acids is 1. The molecule has 35 heavy (non-hydrogen) atoms. The fraction of sp³-hybridized carbons (Fsp3) is 0.444. The highest BCUT2D eigenvalue weighted by Crippen LogP contribution is 2.37. The Morgan fingerprint density at radius 2 is 1.91 bits per heavy atom. The molecule has 4 rings (SSSR count). The Labute approximate surface area is 208 Å². The lowest BCUT2D eigenvalue weighted by molar-refractivity contribution is 0.100. The molecule has 0 bridgehead atoms. The van der Waals surface area contributed by atoms with Crippen molar-refractivity contribution in [2.24, 2.45) is 5.73 Å². The van der Waals surface area contributed by atoms with Gasteiger partial charge in [-0.2, -0.15) is 0 Å². The van der Waals surface area contributed by atoms with Gasteiger partial charge in [0.1, 0.15) is 0 Å². The van der Waals surface area contributed by atoms with Crippen LogP contribution in [0.25, 0.3) is 22.0 Å². The molecule has 4 N–H and O–H groups in total. The van der Waals surface area contributed by atoms with Crippen LogP contribution in [0.15, 0.2) is 42.6 Å². The Balaban J connectivity index is 1.68. The van der Waals surface area contributed by atoms with E-state index in [0.717, 1.165) is 53.4 Å². The Kier molecular flexibility index (Phi) is 7.64. The number of nitrogens with two attached hydrogens (primary N) is 1. The zero-order valence-corrected chi connectivity index (χ0v) is 21.6. The van der Waals surface area contributed by atoms with Gasteiger partial charge in [0.25, 0.3) is 5.91 Å². The quantitative estimate of drug-likeness (QED) is 0.409. The first-order valence-electron chi connectivity index (χ1n) is 12.5. The van der Waals surface area contributed by atoms with E-state index in [0.29, 0.717) is 24.7 Å². The van der Waals surface area contributed by atoms with Gasteiger partial charge in [-0.05, 0) is 79.5 Å². The monoisotopic (exact) mass is 496 g/mol. The summed E-state index contributed by atoms with van der Waals surface area (Å²) in [5, 5.41) is 4.51. The maximum Gasteiger partial charge on any atom is 0.250 e. The molecule has 1 atom stereocenters. The third-order valence-electron chi connectivity index (χ3n) is 7.27. The minimum Gasteiger partial charge on any atom is -0.366 e. The predicted molar refractivity (Wildman–Crippen MR) is 142 cm³/mol. The van der Waals surface area contributed by atoms with Gasteiger partial charge < -0.3 is 16.0 Å². The van der Waals surface area contributed by atoms with E-state index in [1.807, 2.05) is 18.3 Å². The molecule has 188 valence electrons. The van der Waals surface area contributed by atoms with Gasteiger partial charge in [0.2, 0.25) is 10.0 Å². The summed E-state index contributed by atoms with van der Waals surface area (Å²) in [7, 11) is -3.17. The number of fused-ring (bicyclic) bond motifs is 1. The lowest BCUT2D eigenvalue weighted by atomic mass is 9.88. The summed E-state index contributed by atoms with van der Waals surface area (Å²) in [6.45, 7) is 7.83.